The van der Waals surface area contributed by atoms with Crippen LogP contribution in [0.2, 0.25) is 0 Å². The van der Waals surface area contributed by atoms with E-state index in [0.717, 1.165) is 37.0 Å². The number of rotatable bonds is 4. The first-order valence-corrected chi connectivity index (χ1v) is 9.57. The highest BCUT2D eigenvalue weighted by molar-refractivity contribution is 6.10. The van der Waals surface area contributed by atoms with Gasteiger partial charge in [0.1, 0.15) is 12.1 Å². The van der Waals surface area contributed by atoms with Gasteiger partial charge in [-0.1, -0.05) is 51.2 Å². The molecule has 0 atom stereocenters. The summed E-state index contributed by atoms with van der Waals surface area (Å²) in [6.07, 6.45) is 7.45. The maximum atomic E-state index is 12.9. The molecule has 1 heterocycles. The third-order valence-electron chi connectivity index (χ3n) is 5.40. The summed E-state index contributed by atoms with van der Waals surface area (Å²) in [7, 11) is 0. The zero-order valence-electron chi connectivity index (χ0n) is 15.3. The van der Waals surface area contributed by atoms with Crippen molar-refractivity contribution in [3.63, 3.8) is 0 Å². The Morgan fingerprint density at radius 3 is 2.31 bits per heavy atom. The molecule has 1 aliphatic carbocycles. The first-order chi connectivity index (χ1) is 12.5. The van der Waals surface area contributed by atoms with Gasteiger partial charge in [-0.25, -0.2) is 4.79 Å². The van der Waals surface area contributed by atoms with Gasteiger partial charge in [-0.3, -0.25) is 14.5 Å². The molecular formula is C20H27N3O3. The molecular weight excluding hydrogens is 330 g/mol. The lowest BCUT2D eigenvalue weighted by Gasteiger charge is -2.28. The summed E-state index contributed by atoms with van der Waals surface area (Å²) in [5, 5.41) is 5.64. The van der Waals surface area contributed by atoms with Crippen molar-refractivity contribution in [2.75, 3.05) is 11.9 Å². The largest absolute Gasteiger partial charge is 0.325 e. The van der Waals surface area contributed by atoms with Crippen LogP contribution < -0.4 is 10.6 Å². The van der Waals surface area contributed by atoms with Gasteiger partial charge < -0.3 is 10.6 Å². The molecule has 0 aromatic heterocycles. The second-order valence-corrected chi connectivity index (χ2v) is 7.27. The van der Waals surface area contributed by atoms with Crippen LogP contribution in [0.1, 0.15) is 57.4 Å². The molecule has 1 aliphatic heterocycles. The van der Waals surface area contributed by atoms with E-state index in [9.17, 15) is 14.4 Å². The van der Waals surface area contributed by atoms with Crippen molar-refractivity contribution >= 4 is 23.5 Å². The number of hydrogen-bond donors (Lipinski definition) is 2. The molecule has 2 N–H and O–H groups in total. The molecule has 1 aromatic carbocycles. The lowest BCUT2D eigenvalue weighted by atomic mass is 9.84. The highest BCUT2D eigenvalue weighted by Crippen LogP contribution is 2.32. The molecule has 0 bridgehead atoms. The molecule has 26 heavy (non-hydrogen) atoms. The SMILES string of the molecule is CCc1ccc(NC(=O)CN2C(=O)NC3(CCCCCCC3)C2=O)cc1. The third kappa shape index (κ3) is 3.89. The molecule has 1 spiro atoms. The number of hydrogen-bond acceptors (Lipinski definition) is 3. The van der Waals surface area contributed by atoms with E-state index in [0.29, 0.717) is 18.5 Å². The lowest BCUT2D eigenvalue weighted by Crippen LogP contribution is -2.47. The second kappa shape index (κ2) is 7.89. The smallest absolute Gasteiger partial charge is 0.325 e. The van der Waals surface area contributed by atoms with Crippen molar-refractivity contribution in [2.45, 2.75) is 63.8 Å². The van der Waals surface area contributed by atoms with Crippen LogP contribution >= 0.6 is 0 Å². The number of anilines is 1. The minimum Gasteiger partial charge on any atom is -0.325 e. The molecule has 1 aromatic rings. The van der Waals surface area contributed by atoms with Gasteiger partial charge in [0.15, 0.2) is 0 Å². The Balaban J connectivity index is 1.63. The normalized spacial score (nSPS) is 19.8. The van der Waals surface area contributed by atoms with Gasteiger partial charge >= 0.3 is 6.03 Å². The molecule has 2 aliphatic rings. The fourth-order valence-electron chi connectivity index (χ4n) is 3.84. The predicted molar refractivity (Wildman–Crippen MR) is 99.7 cm³/mol. The summed E-state index contributed by atoms with van der Waals surface area (Å²) in [6, 6.07) is 7.12. The van der Waals surface area contributed by atoms with Crippen LogP contribution in [0.4, 0.5) is 10.5 Å². The van der Waals surface area contributed by atoms with Gasteiger partial charge in [-0.2, -0.15) is 0 Å². The zero-order chi connectivity index (χ0) is 18.6. The Morgan fingerprint density at radius 2 is 1.69 bits per heavy atom. The summed E-state index contributed by atoms with van der Waals surface area (Å²) in [6.45, 7) is 1.82. The van der Waals surface area contributed by atoms with E-state index >= 15 is 0 Å². The summed E-state index contributed by atoms with van der Waals surface area (Å²) >= 11 is 0. The van der Waals surface area contributed by atoms with E-state index in [2.05, 4.69) is 17.6 Å². The van der Waals surface area contributed by atoms with Gasteiger partial charge in [-0.15, -0.1) is 0 Å². The Bertz CT molecular complexity index is 676. The second-order valence-electron chi connectivity index (χ2n) is 7.27. The van der Waals surface area contributed by atoms with E-state index in [-0.39, 0.29) is 18.4 Å². The molecule has 3 rings (SSSR count). The first kappa shape index (κ1) is 18.4. The Hall–Kier alpha value is -2.37. The average Bonchev–Trinajstić information content (AvgIpc) is 2.84. The van der Waals surface area contributed by atoms with E-state index in [1.165, 1.54) is 12.0 Å². The Labute approximate surface area is 154 Å². The molecule has 140 valence electrons. The predicted octanol–water partition coefficient (Wildman–Crippen LogP) is 3.22. The van der Waals surface area contributed by atoms with Crippen molar-refractivity contribution < 1.29 is 14.4 Å². The van der Waals surface area contributed by atoms with Crippen LogP contribution in [0.3, 0.4) is 0 Å². The zero-order valence-corrected chi connectivity index (χ0v) is 15.3. The Morgan fingerprint density at radius 1 is 1.08 bits per heavy atom. The number of imide groups is 1. The number of urea groups is 1. The van der Waals surface area contributed by atoms with Gasteiger partial charge in [-0.05, 0) is 37.0 Å². The van der Waals surface area contributed by atoms with E-state index in [1.54, 1.807) is 0 Å². The van der Waals surface area contributed by atoms with Crippen molar-refractivity contribution in [1.82, 2.24) is 10.2 Å². The van der Waals surface area contributed by atoms with Crippen molar-refractivity contribution in [1.29, 1.82) is 0 Å². The maximum absolute atomic E-state index is 12.9. The molecule has 0 unspecified atom stereocenters. The number of nitrogens with one attached hydrogen (secondary N) is 2. The molecule has 6 nitrogen and oxygen atoms in total. The maximum Gasteiger partial charge on any atom is 0.325 e. The number of nitrogens with zero attached hydrogens (tertiary/aromatic N) is 1. The van der Waals surface area contributed by atoms with Crippen LogP contribution in [-0.4, -0.2) is 34.8 Å². The summed E-state index contributed by atoms with van der Waals surface area (Å²) in [4.78, 5) is 38.6. The molecule has 6 heteroatoms. The van der Waals surface area contributed by atoms with Gasteiger partial charge in [0, 0.05) is 5.69 Å². The van der Waals surface area contributed by atoms with Crippen LogP contribution in [0.15, 0.2) is 24.3 Å². The molecule has 4 amide bonds. The highest BCUT2D eigenvalue weighted by Gasteiger charge is 2.50. The monoisotopic (exact) mass is 357 g/mol. The summed E-state index contributed by atoms with van der Waals surface area (Å²) in [5.74, 6) is -0.610. The topological polar surface area (TPSA) is 78.5 Å². The van der Waals surface area contributed by atoms with E-state index in [1.807, 2.05) is 24.3 Å². The first-order valence-electron chi connectivity index (χ1n) is 9.57. The highest BCUT2D eigenvalue weighted by atomic mass is 16.2. The Kier molecular flexibility index (Phi) is 5.59. The summed E-state index contributed by atoms with van der Waals surface area (Å²) in [5.41, 5.74) is 1.05. The van der Waals surface area contributed by atoms with Crippen LogP contribution in [0.5, 0.6) is 0 Å². The lowest BCUT2D eigenvalue weighted by molar-refractivity contribution is -0.134. The van der Waals surface area contributed by atoms with E-state index < -0.39 is 11.6 Å². The van der Waals surface area contributed by atoms with Crippen molar-refractivity contribution in [2.24, 2.45) is 0 Å². The average molecular weight is 357 g/mol. The van der Waals surface area contributed by atoms with Crippen LogP contribution in [0, 0.1) is 0 Å². The van der Waals surface area contributed by atoms with Gasteiger partial charge in [0.2, 0.25) is 5.91 Å². The minimum absolute atomic E-state index is 0.248. The standard InChI is InChI=1S/C20H27N3O3/c1-2-15-8-10-16(11-9-15)21-17(24)14-23-18(25)20(22-19(23)26)12-6-4-3-5-7-13-20/h8-11H,2-7,12-14H2,1H3,(H,21,24)(H,22,26). The van der Waals surface area contributed by atoms with Gasteiger partial charge in [0.05, 0.1) is 0 Å². The fraction of sp³-hybridized carbons (Fsp3) is 0.550. The number of benzene rings is 1. The fourth-order valence-corrected chi connectivity index (χ4v) is 3.84. The third-order valence-corrected chi connectivity index (χ3v) is 5.40. The molecule has 2 fully saturated rings. The number of carbonyl (C=O) groups excluding carboxylic acids is 3. The quantitative estimate of drug-likeness (QED) is 0.812. The number of aryl methyl sites for hydroxylation is 1. The van der Waals surface area contributed by atoms with Crippen molar-refractivity contribution in [3.8, 4) is 0 Å². The van der Waals surface area contributed by atoms with Crippen molar-refractivity contribution in [3.05, 3.63) is 29.8 Å². The molecule has 0 radical (unpaired) electrons. The minimum atomic E-state index is -0.805. The molecule has 1 saturated heterocycles. The molecule has 1 saturated carbocycles. The van der Waals surface area contributed by atoms with Gasteiger partial charge in [0.25, 0.3) is 5.91 Å². The van der Waals surface area contributed by atoms with Crippen LogP contribution in [-0.2, 0) is 16.0 Å². The number of amides is 4. The van der Waals surface area contributed by atoms with E-state index in [4.69, 9.17) is 0 Å². The van der Waals surface area contributed by atoms with Crippen LogP contribution in [0.25, 0.3) is 0 Å². The summed E-state index contributed by atoms with van der Waals surface area (Å²) < 4.78 is 0. The number of carbonyl (C=O) groups is 3.